The molecule has 1 fully saturated rings. The molecule has 1 aliphatic rings. The predicted molar refractivity (Wildman–Crippen MR) is 78.2 cm³/mol. The summed E-state index contributed by atoms with van der Waals surface area (Å²) in [7, 11) is -3.78. The Bertz CT molecular complexity index is 821. The van der Waals surface area contributed by atoms with E-state index in [2.05, 4.69) is 20.6 Å². The number of anilines is 1. The number of sulfone groups is 1. The van der Waals surface area contributed by atoms with E-state index >= 15 is 0 Å². The predicted octanol–water partition coefficient (Wildman–Crippen LogP) is 1.19. The molecule has 124 valence electrons. The Hall–Kier alpha value is -2.23. The quantitative estimate of drug-likeness (QED) is 0.830. The molecule has 0 bridgehead atoms. The number of carbonyl (C=O) groups is 1. The van der Waals surface area contributed by atoms with Crippen LogP contribution in [0.1, 0.15) is 43.2 Å². The van der Waals surface area contributed by atoms with E-state index in [0.29, 0.717) is 11.6 Å². The number of amides is 1. The maximum Gasteiger partial charge on any atom is 0.243 e. The number of carbonyl (C=O) groups excluding carboxylic acids is 1. The Morgan fingerprint density at radius 2 is 2.13 bits per heavy atom. The molecule has 10 heteroatoms. The summed E-state index contributed by atoms with van der Waals surface area (Å²) in [5.74, 6) is 0.317. The number of hydrogen-bond acceptors (Lipinski definition) is 8. The molecule has 9 nitrogen and oxygen atoms in total. The number of rotatable bonds is 6. The molecule has 0 saturated heterocycles. The highest BCUT2D eigenvalue weighted by Crippen LogP contribution is 2.38. The van der Waals surface area contributed by atoms with E-state index < -0.39 is 26.7 Å². The van der Waals surface area contributed by atoms with Gasteiger partial charge in [-0.3, -0.25) is 4.79 Å². The smallest absolute Gasteiger partial charge is 0.243 e. The van der Waals surface area contributed by atoms with Crippen LogP contribution in [-0.2, 0) is 20.4 Å². The SMILES string of the molecule is Cc1cc(NC(=O)[C@@H](C)S(=O)(=O)Cc2nc(C3CC3)no2)no1. The van der Waals surface area contributed by atoms with Crippen LogP contribution in [0.5, 0.6) is 0 Å². The fraction of sp³-hybridized carbons (Fsp3) is 0.538. The summed E-state index contributed by atoms with van der Waals surface area (Å²) in [4.78, 5) is 16.1. The molecule has 1 atom stereocenters. The van der Waals surface area contributed by atoms with Gasteiger partial charge in [0.2, 0.25) is 11.8 Å². The van der Waals surface area contributed by atoms with Crippen molar-refractivity contribution >= 4 is 21.6 Å². The molecule has 1 aliphatic carbocycles. The first kappa shape index (κ1) is 15.7. The van der Waals surface area contributed by atoms with Gasteiger partial charge in [-0.1, -0.05) is 10.3 Å². The number of hydrogen-bond donors (Lipinski definition) is 1. The van der Waals surface area contributed by atoms with Crippen molar-refractivity contribution in [1.29, 1.82) is 0 Å². The van der Waals surface area contributed by atoms with Crippen LogP contribution < -0.4 is 5.32 Å². The van der Waals surface area contributed by atoms with E-state index in [-0.39, 0.29) is 17.6 Å². The first-order valence-electron chi connectivity index (χ1n) is 7.13. The fourth-order valence-corrected chi connectivity index (χ4v) is 3.04. The molecule has 1 N–H and O–H groups in total. The molecule has 1 saturated carbocycles. The maximum absolute atomic E-state index is 12.3. The zero-order chi connectivity index (χ0) is 16.6. The Kier molecular flexibility index (Phi) is 3.92. The second-order valence-corrected chi connectivity index (χ2v) is 7.90. The van der Waals surface area contributed by atoms with E-state index in [0.717, 1.165) is 12.8 Å². The lowest BCUT2D eigenvalue weighted by molar-refractivity contribution is -0.115. The lowest BCUT2D eigenvalue weighted by atomic mass is 10.4. The van der Waals surface area contributed by atoms with Crippen LogP contribution in [0.2, 0.25) is 0 Å². The van der Waals surface area contributed by atoms with Gasteiger partial charge in [0.15, 0.2) is 21.5 Å². The van der Waals surface area contributed by atoms with Gasteiger partial charge in [0.25, 0.3) is 0 Å². The molecule has 23 heavy (non-hydrogen) atoms. The third kappa shape index (κ3) is 3.58. The molecule has 0 unspecified atom stereocenters. The maximum atomic E-state index is 12.3. The van der Waals surface area contributed by atoms with E-state index in [9.17, 15) is 13.2 Å². The zero-order valence-corrected chi connectivity index (χ0v) is 13.5. The minimum absolute atomic E-state index is 0.00355. The van der Waals surface area contributed by atoms with Crippen molar-refractivity contribution in [3.63, 3.8) is 0 Å². The molecular formula is C13H16N4O5S. The summed E-state index contributed by atoms with van der Waals surface area (Å²) >= 11 is 0. The molecule has 0 spiro atoms. The van der Waals surface area contributed by atoms with Gasteiger partial charge in [-0.2, -0.15) is 4.98 Å². The molecule has 1 amide bonds. The molecule has 2 aromatic heterocycles. The van der Waals surface area contributed by atoms with E-state index in [4.69, 9.17) is 9.05 Å². The highest BCUT2D eigenvalue weighted by molar-refractivity contribution is 7.92. The number of aryl methyl sites for hydroxylation is 1. The van der Waals surface area contributed by atoms with Crippen molar-refractivity contribution < 1.29 is 22.3 Å². The van der Waals surface area contributed by atoms with Gasteiger partial charge in [-0.15, -0.1) is 0 Å². The number of nitrogens with zero attached hydrogens (tertiary/aromatic N) is 3. The summed E-state index contributed by atoms with van der Waals surface area (Å²) in [5, 5.41) is 8.47. The monoisotopic (exact) mass is 340 g/mol. The topological polar surface area (TPSA) is 128 Å². The van der Waals surface area contributed by atoms with E-state index in [1.54, 1.807) is 6.92 Å². The summed E-state index contributed by atoms with van der Waals surface area (Å²) in [6, 6.07) is 1.50. The van der Waals surface area contributed by atoms with Gasteiger partial charge < -0.3 is 14.4 Å². The van der Waals surface area contributed by atoms with Crippen LogP contribution in [0.25, 0.3) is 0 Å². The minimum Gasteiger partial charge on any atom is -0.360 e. The first-order chi connectivity index (χ1) is 10.8. The highest BCUT2D eigenvalue weighted by Gasteiger charge is 2.33. The molecule has 3 rings (SSSR count). The van der Waals surface area contributed by atoms with Crippen molar-refractivity contribution in [1.82, 2.24) is 15.3 Å². The lowest BCUT2D eigenvalue weighted by Gasteiger charge is -2.10. The molecular weight excluding hydrogens is 324 g/mol. The largest absolute Gasteiger partial charge is 0.360 e. The van der Waals surface area contributed by atoms with Gasteiger partial charge >= 0.3 is 0 Å². The molecule has 0 aliphatic heterocycles. The third-order valence-corrected chi connectivity index (χ3v) is 5.48. The number of nitrogens with one attached hydrogen (secondary N) is 1. The average molecular weight is 340 g/mol. The lowest BCUT2D eigenvalue weighted by Crippen LogP contribution is -2.33. The van der Waals surface area contributed by atoms with Crippen LogP contribution in [0.3, 0.4) is 0 Å². The van der Waals surface area contributed by atoms with Crippen LogP contribution in [0.15, 0.2) is 15.1 Å². The number of aromatic nitrogens is 3. The van der Waals surface area contributed by atoms with Crippen molar-refractivity contribution in [2.45, 2.75) is 43.6 Å². The summed E-state index contributed by atoms with van der Waals surface area (Å²) in [6.07, 6.45) is 1.98. The van der Waals surface area contributed by atoms with Crippen LogP contribution >= 0.6 is 0 Å². The molecule has 0 radical (unpaired) electrons. The standard InChI is InChI=1S/C13H16N4O5S/c1-7-5-10(16-21-7)14-13(18)8(2)23(19,20)6-11-15-12(17-22-11)9-3-4-9/h5,8-9H,3-4,6H2,1-2H3,(H,14,16,18)/t8-/m1/s1. The minimum atomic E-state index is -3.78. The van der Waals surface area contributed by atoms with E-state index in [1.165, 1.54) is 13.0 Å². The Balaban J connectivity index is 1.66. The van der Waals surface area contributed by atoms with Crippen molar-refractivity contribution in [3.05, 3.63) is 23.5 Å². The fourth-order valence-electron chi connectivity index (χ4n) is 1.95. The molecule has 0 aromatic carbocycles. The molecule has 2 heterocycles. The van der Waals surface area contributed by atoms with Gasteiger partial charge in [-0.25, -0.2) is 8.42 Å². The van der Waals surface area contributed by atoms with Gasteiger partial charge in [-0.05, 0) is 26.7 Å². The van der Waals surface area contributed by atoms with Crippen molar-refractivity contribution in [2.75, 3.05) is 5.32 Å². The van der Waals surface area contributed by atoms with Crippen LogP contribution in [0.4, 0.5) is 5.82 Å². The summed E-state index contributed by atoms with van der Waals surface area (Å²) in [6.45, 7) is 2.96. The Morgan fingerprint density at radius 3 is 2.74 bits per heavy atom. The van der Waals surface area contributed by atoms with Crippen molar-refractivity contribution in [3.8, 4) is 0 Å². The van der Waals surface area contributed by atoms with Crippen molar-refractivity contribution in [2.24, 2.45) is 0 Å². The molecule has 2 aromatic rings. The van der Waals surface area contributed by atoms with Gasteiger partial charge in [0.1, 0.15) is 16.8 Å². The third-order valence-electron chi connectivity index (χ3n) is 3.54. The normalized spacial score (nSPS) is 16.3. The van der Waals surface area contributed by atoms with Gasteiger partial charge in [0, 0.05) is 12.0 Å². The highest BCUT2D eigenvalue weighted by atomic mass is 32.2. The van der Waals surface area contributed by atoms with E-state index in [1.807, 2.05) is 0 Å². The van der Waals surface area contributed by atoms with Gasteiger partial charge in [0.05, 0.1) is 0 Å². The summed E-state index contributed by atoms with van der Waals surface area (Å²) < 4.78 is 34.4. The second-order valence-electron chi connectivity index (χ2n) is 5.58. The van der Waals surface area contributed by atoms with Crippen LogP contribution in [-0.4, -0.2) is 34.9 Å². The second kappa shape index (κ2) is 5.76. The average Bonchev–Trinajstić information content (AvgIpc) is 3.11. The first-order valence-corrected chi connectivity index (χ1v) is 8.85. The Labute approximate surface area is 132 Å². The Morgan fingerprint density at radius 1 is 1.39 bits per heavy atom. The van der Waals surface area contributed by atoms with Crippen LogP contribution in [0, 0.1) is 6.92 Å². The zero-order valence-electron chi connectivity index (χ0n) is 12.6. The summed E-state index contributed by atoms with van der Waals surface area (Å²) in [5.41, 5.74) is 0.